The van der Waals surface area contributed by atoms with E-state index in [1.54, 1.807) is 0 Å². The second kappa shape index (κ2) is 7.85. The van der Waals surface area contributed by atoms with Gasteiger partial charge in [0.25, 0.3) is 0 Å². The SMILES string of the molecule is ClC=Cc1ccccc1.O.[AlH2]. The van der Waals surface area contributed by atoms with Crippen LogP contribution in [0.3, 0.4) is 0 Å². The maximum Gasteiger partial charge on any atom is 0.146 e. The van der Waals surface area contributed by atoms with E-state index in [2.05, 4.69) is 0 Å². The lowest BCUT2D eigenvalue weighted by atomic mass is 10.2. The highest BCUT2D eigenvalue weighted by atomic mass is 35.5. The molecule has 0 aliphatic carbocycles. The molecule has 0 spiro atoms. The molecule has 0 saturated carbocycles. The van der Waals surface area contributed by atoms with Gasteiger partial charge in [-0.25, -0.2) is 0 Å². The summed E-state index contributed by atoms with van der Waals surface area (Å²) in [7, 11) is 0. The van der Waals surface area contributed by atoms with Gasteiger partial charge in [0.15, 0.2) is 0 Å². The molecule has 1 rings (SSSR count). The van der Waals surface area contributed by atoms with Crippen LogP contribution < -0.4 is 0 Å². The van der Waals surface area contributed by atoms with Crippen molar-refractivity contribution in [2.45, 2.75) is 0 Å². The molecule has 1 aromatic rings. The highest BCUT2D eigenvalue weighted by molar-refractivity contribution is 6.27. The van der Waals surface area contributed by atoms with E-state index in [0.29, 0.717) is 0 Å². The van der Waals surface area contributed by atoms with Gasteiger partial charge in [-0.05, 0) is 11.6 Å². The minimum Gasteiger partial charge on any atom is -0.412 e. The lowest BCUT2D eigenvalue weighted by molar-refractivity contribution is 0.824. The summed E-state index contributed by atoms with van der Waals surface area (Å²) in [5.41, 5.74) is 2.64. The summed E-state index contributed by atoms with van der Waals surface area (Å²) in [6, 6.07) is 9.93. The first-order chi connectivity index (χ1) is 4.43. The van der Waals surface area contributed by atoms with Gasteiger partial charge >= 0.3 is 0 Å². The molecular formula is C8H11AlClO. The lowest BCUT2D eigenvalue weighted by Gasteiger charge is -1.86. The number of rotatable bonds is 1. The first kappa shape index (κ1) is 13.3. The molecule has 0 fully saturated rings. The summed E-state index contributed by atoms with van der Waals surface area (Å²) >= 11 is 5.36. The molecule has 3 heteroatoms. The average molecular weight is 186 g/mol. The molecule has 0 heterocycles. The van der Waals surface area contributed by atoms with Gasteiger partial charge in [0.2, 0.25) is 0 Å². The van der Waals surface area contributed by atoms with Crippen molar-refractivity contribution in [1.82, 2.24) is 0 Å². The Bertz CT molecular complexity index is 199. The normalized spacial score (nSPS) is 8.45. The maximum absolute atomic E-state index is 5.36. The van der Waals surface area contributed by atoms with Crippen molar-refractivity contribution < 1.29 is 5.48 Å². The van der Waals surface area contributed by atoms with Crippen molar-refractivity contribution in [3.63, 3.8) is 0 Å². The number of hydrogen-bond acceptors (Lipinski definition) is 0. The van der Waals surface area contributed by atoms with Gasteiger partial charge in [-0.3, -0.25) is 0 Å². The molecule has 2 N–H and O–H groups in total. The molecule has 0 aliphatic rings. The Kier molecular flexibility index (Phi) is 9.51. The molecule has 0 bridgehead atoms. The fourth-order valence-corrected chi connectivity index (χ4v) is 0.782. The van der Waals surface area contributed by atoms with Crippen molar-refractivity contribution >= 4 is 35.0 Å². The van der Waals surface area contributed by atoms with Gasteiger partial charge in [0.1, 0.15) is 17.4 Å². The third-order valence-corrected chi connectivity index (χ3v) is 1.18. The van der Waals surface area contributed by atoms with E-state index in [-0.39, 0.29) is 22.8 Å². The average Bonchev–Trinajstić information content (AvgIpc) is 1.91. The quantitative estimate of drug-likeness (QED) is 0.588. The summed E-state index contributed by atoms with van der Waals surface area (Å²) in [5.74, 6) is 0. The van der Waals surface area contributed by atoms with Crippen LogP contribution in [-0.2, 0) is 0 Å². The van der Waals surface area contributed by atoms with Crippen LogP contribution in [0, 0.1) is 0 Å². The van der Waals surface area contributed by atoms with E-state index in [9.17, 15) is 0 Å². The Morgan fingerprint density at radius 3 is 2.09 bits per heavy atom. The van der Waals surface area contributed by atoms with Crippen LogP contribution in [0.15, 0.2) is 35.9 Å². The van der Waals surface area contributed by atoms with Crippen LogP contribution >= 0.6 is 11.6 Å². The van der Waals surface area contributed by atoms with Gasteiger partial charge in [-0.15, -0.1) is 0 Å². The number of halogens is 1. The van der Waals surface area contributed by atoms with E-state index in [4.69, 9.17) is 11.6 Å². The first-order valence-corrected chi connectivity index (χ1v) is 3.19. The van der Waals surface area contributed by atoms with Crippen LogP contribution in [0.2, 0.25) is 0 Å². The summed E-state index contributed by atoms with van der Waals surface area (Å²) in [5, 5.41) is 0. The molecular weight excluding hydrogens is 175 g/mol. The summed E-state index contributed by atoms with van der Waals surface area (Å²) in [6.07, 6.45) is 1.85. The Labute approximate surface area is 82.1 Å². The largest absolute Gasteiger partial charge is 0.412 e. The molecule has 0 aromatic heterocycles. The Hall–Kier alpha value is -0.258. The van der Waals surface area contributed by atoms with Gasteiger partial charge in [-0.1, -0.05) is 41.9 Å². The highest BCUT2D eigenvalue weighted by Crippen LogP contribution is 2.00. The van der Waals surface area contributed by atoms with Gasteiger partial charge < -0.3 is 5.48 Å². The second-order valence-corrected chi connectivity index (χ2v) is 1.96. The van der Waals surface area contributed by atoms with E-state index in [1.165, 1.54) is 5.54 Å². The van der Waals surface area contributed by atoms with Crippen LogP contribution in [0.1, 0.15) is 5.56 Å². The zero-order chi connectivity index (χ0) is 6.53. The molecule has 0 aliphatic heterocycles. The minimum atomic E-state index is 0. The third-order valence-electron chi connectivity index (χ3n) is 1.06. The van der Waals surface area contributed by atoms with Crippen molar-refractivity contribution in [2.75, 3.05) is 0 Å². The zero-order valence-corrected chi connectivity index (χ0v) is 9.18. The van der Waals surface area contributed by atoms with E-state index in [0.717, 1.165) is 5.56 Å². The van der Waals surface area contributed by atoms with E-state index in [1.807, 2.05) is 36.4 Å². The van der Waals surface area contributed by atoms with Gasteiger partial charge in [0.05, 0.1) is 0 Å². The van der Waals surface area contributed by atoms with Crippen molar-refractivity contribution in [2.24, 2.45) is 0 Å². The molecule has 1 nitrogen and oxygen atoms in total. The highest BCUT2D eigenvalue weighted by Gasteiger charge is 1.78. The summed E-state index contributed by atoms with van der Waals surface area (Å²) in [4.78, 5) is 0. The third kappa shape index (κ3) is 5.06. The van der Waals surface area contributed by atoms with Crippen LogP contribution in [-0.4, -0.2) is 22.8 Å². The molecule has 11 heavy (non-hydrogen) atoms. The molecule has 1 aromatic carbocycles. The lowest BCUT2D eigenvalue weighted by Crippen LogP contribution is -1.64. The minimum absolute atomic E-state index is 0. The molecule has 0 unspecified atom stereocenters. The smallest absolute Gasteiger partial charge is 0.146 e. The van der Waals surface area contributed by atoms with Crippen molar-refractivity contribution in [3.8, 4) is 0 Å². The summed E-state index contributed by atoms with van der Waals surface area (Å²) < 4.78 is 0. The van der Waals surface area contributed by atoms with Crippen molar-refractivity contribution in [3.05, 3.63) is 41.4 Å². The van der Waals surface area contributed by atoms with Gasteiger partial charge in [0, 0.05) is 5.54 Å². The van der Waals surface area contributed by atoms with Crippen LogP contribution in [0.4, 0.5) is 0 Å². The first-order valence-electron chi connectivity index (χ1n) is 2.75. The molecule has 59 valence electrons. The summed E-state index contributed by atoms with van der Waals surface area (Å²) in [6.45, 7) is 0. The van der Waals surface area contributed by atoms with Crippen LogP contribution in [0.5, 0.6) is 0 Å². The van der Waals surface area contributed by atoms with E-state index < -0.39 is 0 Å². The Balaban J connectivity index is 0. The molecule has 1 radical (unpaired) electrons. The van der Waals surface area contributed by atoms with Gasteiger partial charge in [-0.2, -0.15) is 0 Å². The predicted octanol–water partition coefficient (Wildman–Crippen LogP) is 1.16. The topological polar surface area (TPSA) is 31.5 Å². The number of benzene rings is 1. The fourth-order valence-electron chi connectivity index (χ4n) is 0.637. The standard InChI is InChI=1S/C8H7Cl.Al.H2O.2H/c9-7-6-8-4-2-1-3-5-8;;;;/h1-7H;;1H2;;. The van der Waals surface area contributed by atoms with E-state index >= 15 is 0 Å². The Morgan fingerprint density at radius 2 is 1.64 bits per heavy atom. The zero-order valence-electron chi connectivity index (χ0n) is 6.42. The monoisotopic (exact) mass is 185 g/mol. The maximum atomic E-state index is 5.36. The second-order valence-electron chi connectivity index (χ2n) is 1.70. The molecule has 0 amide bonds. The predicted molar refractivity (Wildman–Crippen MR) is 53.5 cm³/mol. The molecule has 0 atom stereocenters. The number of hydrogen-bond donors (Lipinski definition) is 0. The fraction of sp³-hybridized carbons (Fsp3) is 0. The molecule has 0 saturated heterocycles. The van der Waals surface area contributed by atoms with Crippen LogP contribution in [0.25, 0.3) is 6.08 Å². The van der Waals surface area contributed by atoms with Crippen molar-refractivity contribution in [1.29, 1.82) is 0 Å². The Morgan fingerprint density at radius 1 is 1.09 bits per heavy atom.